The molecule has 2 aromatic carbocycles. The van der Waals surface area contributed by atoms with Crippen LogP contribution in [0.3, 0.4) is 0 Å². The first-order chi connectivity index (χ1) is 11.0. The maximum atomic E-state index is 12.3. The zero-order chi connectivity index (χ0) is 16.8. The van der Waals surface area contributed by atoms with E-state index in [1.54, 1.807) is 57.5 Å². The highest BCUT2D eigenvalue weighted by Gasteiger charge is 2.17. The van der Waals surface area contributed by atoms with Crippen molar-refractivity contribution in [2.24, 2.45) is 0 Å². The number of benzene rings is 2. The van der Waals surface area contributed by atoms with Gasteiger partial charge in [-0.25, -0.2) is 0 Å². The minimum Gasteiger partial charge on any atom is -0.497 e. The van der Waals surface area contributed by atoms with Crippen molar-refractivity contribution in [1.29, 1.82) is 0 Å². The van der Waals surface area contributed by atoms with Gasteiger partial charge in [-0.05, 0) is 49.4 Å². The zero-order valence-corrected chi connectivity index (χ0v) is 14.7. The van der Waals surface area contributed by atoms with Crippen LogP contribution in [0.5, 0.6) is 17.2 Å². The Bertz CT molecular complexity index is 673. The van der Waals surface area contributed by atoms with E-state index in [2.05, 4.69) is 21.2 Å². The molecule has 0 saturated heterocycles. The van der Waals surface area contributed by atoms with Crippen molar-refractivity contribution in [2.45, 2.75) is 13.0 Å². The maximum absolute atomic E-state index is 12.3. The molecule has 0 aliphatic rings. The largest absolute Gasteiger partial charge is 0.497 e. The quantitative estimate of drug-likeness (QED) is 0.827. The third-order valence-electron chi connectivity index (χ3n) is 3.16. The molecule has 0 aliphatic carbocycles. The van der Waals surface area contributed by atoms with Crippen molar-refractivity contribution in [2.75, 3.05) is 19.5 Å². The van der Waals surface area contributed by atoms with E-state index in [0.29, 0.717) is 17.2 Å². The molecule has 0 fully saturated rings. The fraction of sp³-hybridized carbons (Fsp3) is 0.235. The highest BCUT2D eigenvalue weighted by atomic mass is 79.9. The predicted octanol–water partition coefficient (Wildman–Crippen LogP) is 3.87. The van der Waals surface area contributed by atoms with E-state index in [4.69, 9.17) is 14.2 Å². The van der Waals surface area contributed by atoms with Gasteiger partial charge in [-0.1, -0.05) is 15.9 Å². The number of hydrogen-bond acceptors (Lipinski definition) is 4. The van der Waals surface area contributed by atoms with Crippen LogP contribution in [0, 0.1) is 0 Å². The van der Waals surface area contributed by atoms with Crippen molar-refractivity contribution in [3.8, 4) is 17.2 Å². The van der Waals surface area contributed by atoms with E-state index in [-0.39, 0.29) is 5.91 Å². The fourth-order valence-electron chi connectivity index (χ4n) is 1.92. The molecule has 0 spiro atoms. The summed E-state index contributed by atoms with van der Waals surface area (Å²) in [6.07, 6.45) is -0.660. The van der Waals surface area contributed by atoms with Crippen LogP contribution in [-0.4, -0.2) is 26.2 Å². The molecule has 0 aliphatic heterocycles. The summed E-state index contributed by atoms with van der Waals surface area (Å²) in [5.74, 6) is 1.64. The molecule has 0 aromatic heterocycles. The molecular formula is C17H18BrNO4. The van der Waals surface area contributed by atoms with Gasteiger partial charge < -0.3 is 19.5 Å². The Balaban J connectivity index is 2.03. The number of amides is 1. The van der Waals surface area contributed by atoms with Crippen LogP contribution in [0.25, 0.3) is 0 Å². The maximum Gasteiger partial charge on any atom is 0.265 e. The first-order valence-electron chi connectivity index (χ1n) is 6.98. The summed E-state index contributed by atoms with van der Waals surface area (Å²) in [6, 6.07) is 12.4. The van der Waals surface area contributed by atoms with E-state index in [0.717, 1.165) is 10.2 Å². The summed E-state index contributed by atoms with van der Waals surface area (Å²) in [6.45, 7) is 1.68. The molecule has 1 amide bonds. The molecule has 1 N–H and O–H groups in total. The van der Waals surface area contributed by atoms with Gasteiger partial charge in [0, 0.05) is 4.47 Å². The number of anilines is 1. The Hall–Kier alpha value is -2.21. The van der Waals surface area contributed by atoms with Crippen molar-refractivity contribution < 1.29 is 19.0 Å². The lowest BCUT2D eigenvalue weighted by molar-refractivity contribution is -0.122. The SMILES string of the molecule is COc1ccc(OC(C)C(=O)Nc2cc(Br)ccc2OC)cc1. The van der Waals surface area contributed by atoms with Gasteiger partial charge in [-0.15, -0.1) is 0 Å². The smallest absolute Gasteiger partial charge is 0.265 e. The molecule has 1 unspecified atom stereocenters. The van der Waals surface area contributed by atoms with Gasteiger partial charge in [0.15, 0.2) is 6.10 Å². The average molecular weight is 380 g/mol. The first-order valence-corrected chi connectivity index (χ1v) is 7.78. The number of nitrogens with one attached hydrogen (secondary N) is 1. The Morgan fingerprint density at radius 2 is 1.70 bits per heavy atom. The molecular weight excluding hydrogens is 362 g/mol. The Morgan fingerprint density at radius 1 is 1.04 bits per heavy atom. The molecule has 6 heteroatoms. The molecule has 0 saturated carbocycles. The number of rotatable bonds is 6. The van der Waals surface area contributed by atoms with Gasteiger partial charge in [-0.2, -0.15) is 0 Å². The van der Waals surface area contributed by atoms with Gasteiger partial charge in [0.25, 0.3) is 5.91 Å². The van der Waals surface area contributed by atoms with Crippen LogP contribution in [0.15, 0.2) is 46.9 Å². The van der Waals surface area contributed by atoms with Crippen LogP contribution in [-0.2, 0) is 4.79 Å². The molecule has 23 heavy (non-hydrogen) atoms. The van der Waals surface area contributed by atoms with Gasteiger partial charge in [0.2, 0.25) is 0 Å². The highest BCUT2D eigenvalue weighted by Crippen LogP contribution is 2.28. The second kappa shape index (κ2) is 7.87. The topological polar surface area (TPSA) is 56.8 Å². The van der Waals surface area contributed by atoms with Crippen LogP contribution in [0.1, 0.15) is 6.92 Å². The van der Waals surface area contributed by atoms with E-state index >= 15 is 0 Å². The minimum absolute atomic E-state index is 0.266. The minimum atomic E-state index is -0.660. The van der Waals surface area contributed by atoms with E-state index < -0.39 is 6.10 Å². The molecule has 1 atom stereocenters. The van der Waals surface area contributed by atoms with Crippen molar-refractivity contribution in [3.63, 3.8) is 0 Å². The van der Waals surface area contributed by atoms with Crippen molar-refractivity contribution >= 4 is 27.5 Å². The second-order valence-corrected chi connectivity index (χ2v) is 5.69. The van der Waals surface area contributed by atoms with Gasteiger partial charge >= 0.3 is 0 Å². The lowest BCUT2D eigenvalue weighted by atomic mass is 10.2. The number of ether oxygens (including phenoxy) is 3. The summed E-state index contributed by atoms with van der Waals surface area (Å²) >= 11 is 3.37. The van der Waals surface area contributed by atoms with Gasteiger partial charge in [-0.3, -0.25) is 4.79 Å². The van der Waals surface area contributed by atoms with Gasteiger partial charge in [0.05, 0.1) is 19.9 Å². The number of halogens is 1. The standard InChI is InChI=1S/C17H18BrNO4/c1-11(23-14-7-5-13(21-2)6-8-14)17(20)19-15-10-12(18)4-9-16(15)22-3/h4-11H,1-3H3,(H,19,20). The monoisotopic (exact) mass is 379 g/mol. The van der Waals surface area contributed by atoms with Crippen molar-refractivity contribution in [1.82, 2.24) is 0 Å². The predicted molar refractivity (Wildman–Crippen MR) is 92.4 cm³/mol. The summed E-state index contributed by atoms with van der Waals surface area (Å²) in [7, 11) is 3.15. The fourth-order valence-corrected chi connectivity index (χ4v) is 2.29. The summed E-state index contributed by atoms with van der Waals surface area (Å²) in [5.41, 5.74) is 0.581. The first kappa shape index (κ1) is 17.1. The molecule has 2 rings (SSSR count). The number of carbonyl (C=O) groups is 1. The molecule has 0 bridgehead atoms. The Labute approximate surface area is 143 Å². The van der Waals surface area contributed by atoms with E-state index in [9.17, 15) is 4.79 Å². The van der Waals surface area contributed by atoms with Crippen molar-refractivity contribution in [3.05, 3.63) is 46.9 Å². The number of hydrogen-bond donors (Lipinski definition) is 1. The highest BCUT2D eigenvalue weighted by molar-refractivity contribution is 9.10. The average Bonchev–Trinajstić information content (AvgIpc) is 2.55. The third-order valence-corrected chi connectivity index (χ3v) is 3.65. The van der Waals surface area contributed by atoms with E-state index in [1.165, 1.54) is 0 Å². The zero-order valence-electron chi connectivity index (χ0n) is 13.1. The van der Waals surface area contributed by atoms with Crippen LogP contribution in [0.4, 0.5) is 5.69 Å². The van der Waals surface area contributed by atoms with Gasteiger partial charge in [0.1, 0.15) is 17.2 Å². The lowest BCUT2D eigenvalue weighted by Gasteiger charge is -2.16. The molecule has 0 heterocycles. The summed E-state index contributed by atoms with van der Waals surface area (Å²) in [4.78, 5) is 12.3. The molecule has 5 nitrogen and oxygen atoms in total. The van der Waals surface area contributed by atoms with Crippen LogP contribution < -0.4 is 19.5 Å². The third kappa shape index (κ3) is 4.63. The summed E-state index contributed by atoms with van der Waals surface area (Å²) in [5, 5.41) is 2.80. The molecule has 2 aromatic rings. The molecule has 0 radical (unpaired) electrons. The number of methoxy groups -OCH3 is 2. The molecule has 122 valence electrons. The van der Waals surface area contributed by atoms with E-state index in [1.807, 2.05) is 6.07 Å². The summed E-state index contributed by atoms with van der Waals surface area (Å²) < 4.78 is 16.8. The number of carbonyl (C=O) groups excluding carboxylic acids is 1. The lowest BCUT2D eigenvalue weighted by Crippen LogP contribution is -2.30. The normalized spacial score (nSPS) is 11.5. The Kier molecular flexibility index (Phi) is 5.87. The van der Waals surface area contributed by atoms with Crippen LogP contribution >= 0.6 is 15.9 Å². The second-order valence-electron chi connectivity index (χ2n) is 4.77. The van der Waals surface area contributed by atoms with Crippen LogP contribution in [0.2, 0.25) is 0 Å². The Morgan fingerprint density at radius 3 is 2.30 bits per heavy atom.